The molecule has 0 aromatic carbocycles. The van der Waals surface area contributed by atoms with Gasteiger partial charge in [0.2, 0.25) is 0 Å². The summed E-state index contributed by atoms with van der Waals surface area (Å²) in [6.45, 7) is 0.293. The van der Waals surface area contributed by atoms with E-state index in [-0.39, 0.29) is 0 Å². The van der Waals surface area contributed by atoms with Gasteiger partial charge in [0.15, 0.2) is 6.10 Å². The Morgan fingerprint density at radius 1 is 0.944 bits per heavy atom. The maximum absolute atomic E-state index is 11.3. The van der Waals surface area contributed by atoms with Gasteiger partial charge in [-0.15, -0.1) is 0 Å². The van der Waals surface area contributed by atoms with Crippen LogP contribution in [0.1, 0.15) is 0 Å². The highest BCUT2D eigenvalue weighted by molar-refractivity contribution is 6.64. The molecule has 0 spiro atoms. The van der Waals surface area contributed by atoms with Crippen LogP contribution in [0.2, 0.25) is 0 Å². The monoisotopic (exact) mass is 284 g/mol. The van der Waals surface area contributed by atoms with Crippen molar-refractivity contribution in [3.63, 3.8) is 0 Å². The second-order valence-electron chi connectivity index (χ2n) is 3.59. The van der Waals surface area contributed by atoms with Gasteiger partial charge in [-0.05, 0) is 11.6 Å². The largest absolute Gasteiger partial charge is 0.382 e. The van der Waals surface area contributed by atoms with Crippen molar-refractivity contribution in [2.45, 2.75) is 24.4 Å². The zero-order valence-corrected chi connectivity index (χ0v) is 12.1. The van der Waals surface area contributed by atoms with E-state index in [0.717, 1.165) is 0 Å². The van der Waals surface area contributed by atoms with E-state index in [1.807, 2.05) is 0 Å². The number of hydrogen-bond donors (Lipinski definition) is 0. The molecule has 0 aromatic heterocycles. The molecule has 18 heavy (non-hydrogen) atoms. The van der Waals surface area contributed by atoms with Crippen LogP contribution in [0.3, 0.4) is 0 Å². The number of rotatable bonds is 10. The molecule has 108 valence electrons. The summed E-state index contributed by atoms with van der Waals surface area (Å²) in [5, 5.41) is -0.654. The normalized spacial score (nSPS) is 18.1. The second kappa shape index (κ2) is 9.66. The number of hydrogen-bond acceptors (Lipinski definition) is 6. The molecule has 4 atom stereocenters. The van der Waals surface area contributed by atoms with Gasteiger partial charge >= 0.3 is 0 Å². The molecular weight excluding hydrogens is 264 g/mol. The molecule has 6 nitrogen and oxygen atoms in total. The molecule has 0 saturated heterocycles. The van der Waals surface area contributed by atoms with E-state index >= 15 is 0 Å². The van der Waals surface area contributed by atoms with Crippen LogP contribution in [0.15, 0.2) is 0 Å². The molecule has 0 rings (SSSR count). The lowest BCUT2D eigenvalue weighted by molar-refractivity contribution is -0.164. The molecule has 7 heteroatoms. The van der Waals surface area contributed by atoms with Crippen LogP contribution < -0.4 is 0 Å². The Labute approximate surface area is 112 Å². The number of ether oxygens (including phenoxy) is 5. The Bertz CT molecular complexity index is 238. The first kappa shape index (κ1) is 17.8. The molecule has 0 radical (unpaired) electrons. The van der Waals surface area contributed by atoms with Crippen molar-refractivity contribution in [2.75, 3.05) is 42.2 Å². The fraction of sp³-hybridized carbons (Fsp3) is 0.909. The minimum Gasteiger partial charge on any atom is -0.382 e. The maximum atomic E-state index is 11.3. The first-order valence-electron chi connectivity index (χ1n) is 5.36. The fourth-order valence-corrected chi connectivity index (χ4v) is 1.96. The predicted octanol–water partition coefficient (Wildman–Crippen LogP) is 0.458. The number of carbonyl (C=O) groups is 1. The van der Waals surface area contributed by atoms with E-state index in [0.29, 0.717) is 6.61 Å². The van der Waals surface area contributed by atoms with Gasteiger partial charge in [0, 0.05) is 35.5 Å². The molecule has 0 fully saturated rings. The van der Waals surface area contributed by atoms with Crippen LogP contribution in [0.25, 0.3) is 0 Å². The number of halogens is 1. The quantitative estimate of drug-likeness (QED) is 0.543. The van der Waals surface area contributed by atoms with Crippen LogP contribution in [-0.4, -0.2) is 71.8 Å². The fourth-order valence-electron chi connectivity index (χ4n) is 1.74. The Balaban J connectivity index is 4.99. The second-order valence-corrected chi connectivity index (χ2v) is 3.96. The van der Waals surface area contributed by atoms with Crippen molar-refractivity contribution >= 4 is 16.8 Å². The highest BCUT2D eigenvalue weighted by Gasteiger charge is 2.39. The molecule has 0 aliphatic rings. The summed E-state index contributed by atoms with van der Waals surface area (Å²) in [7, 11) is 7.38. The molecule has 0 saturated carbocycles. The third-order valence-electron chi connectivity index (χ3n) is 2.64. The van der Waals surface area contributed by atoms with Crippen molar-refractivity contribution in [3.05, 3.63) is 0 Å². The highest BCUT2D eigenvalue weighted by Crippen LogP contribution is 2.18. The van der Waals surface area contributed by atoms with Crippen LogP contribution in [-0.2, 0) is 28.5 Å². The van der Waals surface area contributed by atoms with Crippen molar-refractivity contribution < 1.29 is 28.5 Å². The Morgan fingerprint density at radius 3 is 1.78 bits per heavy atom. The van der Waals surface area contributed by atoms with Crippen molar-refractivity contribution in [2.24, 2.45) is 0 Å². The SMILES string of the molecule is COC[C@@H](OC)[C@@H](OC)[C@H](OC)[C@@H](OC)C(=O)Cl. The topological polar surface area (TPSA) is 63.2 Å². The molecule has 0 heterocycles. The maximum Gasteiger partial charge on any atom is 0.253 e. The smallest absolute Gasteiger partial charge is 0.253 e. The minimum absolute atomic E-state index is 0.293. The van der Waals surface area contributed by atoms with E-state index < -0.39 is 29.7 Å². The van der Waals surface area contributed by atoms with Gasteiger partial charge in [0.25, 0.3) is 5.24 Å². The Hall–Kier alpha value is -0.240. The predicted molar refractivity (Wildman–Crippen MR) is 65.9 cm³/mol. The van der Waals surface area contributed by atoms with E-state index in [2.05, 4.69) is 0 Å². The molecule has 0 bridgehead atoms. The summed E-state index contributed by atoms with van der Waals surface area (Å²) in [5.74, 6) is 0. The van der Waals surface area contributed by atoms with Gasteiger partial charge in [-0.2, -0.15) is 0 Å². The van der Waals surface area contributed by atoms with E-state index in [9.17, 15) is 4.79 Å². The highest BCUT2D eigenvalue weighted by atomic mass is 35.5. The summed E-state index contributed by atoms with van der Waals surface area (Å²) in [6.07, 6.45) is -2.58. The Morgan fingerprint density at radius 2 is 1.50 bits per heavy atom. The lowest BCUT2D eigenvalue weighted by Gasteiger charge is -2.33. The van der Waals surface area contributed by atoms with Gasteiger partial charge < -0.3 is 23.7 Å². The zero-order valence-electron chi connectivity index (χ0n) is 11.3. The number of methoxy groups -OCH3 is 5. The average Bonchev–Trinajstić information content (AvgIpc) is 2.36. The third-order valence-corrected chi connectivity index (χ3v) is 2.86. The van der Waals surface area contributed by atoms with Crippen molar-refractivity contribution in [1.82, 2.24) is 0 Å². The summed E-state index contributed by atoms with van der Waals surface area (Å²) < 4.78 is 25.9. The summed E-state index contributed by atoms with van der Waals surface area (Å²) in [6, 6.07) is 0. The average molecular weight is 285 g/mol. The molecule has 0 aliphatic heterocycles. The summed E-state index contributed by atoms with van der Waals surface area (Å²) in [4.78, 5) is 11.3. The molecule has 0 unspecified atom stereocenters. The van der Waals surface area contributed by atoms with E-state index in [1.165, 1.54) is 28.4 Å². The van der Waals surface area contributed by atoms with Gasteiger partial charge in [-0.3, -0.25) is 4.79 Å². The van der Waals surface area contributed by atoms with Crippen LogP contribution in [0.5, 0.6) is 0 Å². The van der Waals surface area contributed by atoms with Gasteiger partial charge in [-0.25, -0.2) is 0 Å². The zero-order chi connectivity index (χ0) is 14.1. The lowest BCUT2D eigenvalue weighted by Crippen LogP contribution is -2.51. The molecular formula is C11H21ClO6. The van der Waals surface area contributed by atoms with Crippen LogP contribution in [0.4, 0.5) is 0 Å². The van der Waals surface area contributed by atoms with Gasteiger partial charge in [0.05, 0.1) is 6.61 Å². The van der Waals surface area contributed by atoms with Crippen LogP contribution in [0, 0.1) is 0 Å². The van der Waals surface area contributed by atoms with Crippen molar-refractivity contribution in [1.29, 1.82) is 0 Å². The standard InChI is InChI=1S/C11H21ClO6/c1-14-6-7(15-2)8(16-3)9(17-4)10(18-5)11(12)13/h7-10H,6H2,1-5H3/t7-,8-,9+,10-/m1/s1. The van der Waals surface area contributed by atoms with Crippen LogP contribution >= 0.6 is 11.6 Å². The first-order valence-corrected chi connectivity index (χ1v) is 5.74. The number of carbonyl (C=O) groups excluding carboxylic acids is 1. The summed E-state index contributed by atoms with van der Waals surface area (Å²) in [5.41, 5.74) is 0. The molecule has 0 amide bonds. The summed E-state index contributed by atoms with van der Waals surface area (Å²) >= 11 is 5.47. The van der Waals surface area contributed by atoms with E-state index in [4.69, 9.17) is 35.3 Å². The third kappa shape index (κ3) is 4.79. The van der Waals surface area contributed by atoms with Gasteiger partial charge in [0.1, 0.15) is 18.3 Å². The Kier molecular flexibility index (Phi) is 9.53. The van der Waals surface area contributed by atoms with E-state index in [1.54, 1.807) is 7.11 Å². The lowest BCUT2D eigenvalue weighted by atomic mass is 10.0. The molecule has 0 N–H and O–H groups in total. The first-order chi connectivity index (χ1) is 8.56. The van der Waals surface area contributed by atoms with Crippen molar-refractivity contribution in [3.8, 4) is 0 Å². The van der Waals surface area contributed by atoms with Gasteiger partial charge in [-0.1, -0.05) is 0 Å². The molecule has 0 aliphatic carbocycles. The minimum atomic E-state index is -0.934. The molecule has 0 aromatic rings.